The fourth-order valence-electron chi connectivity index (χ4n) is 2.22. The van der Waals surface area contributed by atoms with E-state index in [9.17, 15) is 8.42 Å². The van der Waals surface area contributed by atoms with Crippen molar-refractivity contribution in [1.82, 2.24) is 9.62 Å². The SMILES string of the molecule is CN(C)C(CNS(=O)(=O)c1cc(Cl)ccc1Cl)c1ccccc1. The molecular weight excluding hydrogens is 355 g/mol. The normalized spacial score (nSPS) is 13.3. The van der Waals surface area contributed by atoms with Crippen LogP contribution in [0, 0.1) is 0 Å². The Morgan fingerprint density at radius 2 is 1.74 bits per heavy atom. The van der Waals surface area contributed by atoms with Crippen LogP contribution in [0.3, 0.4) is 0 Å². The lowest BCUT2D eigenvalue weighted by Crippen LogP contribution is -2.34. The highest BCUT2D eigenvalue weighted by Crippen LogP contribution is 2.25. The average Bonchev–Trinajstić information content (AvgIpc) is 2.50. The molecule has 1 atom stereocenters. The van der Waals surface area contributed by atoms with Crippen molar-refractivity contribution in [3.8, 4) is 0 Å². The quantitative estimate of drug-likeness (QED) is 0.842. The molecule has 0 aliphatic carbocycles. The maximum absolute atomic E-state index is 12.5. The highest BCUT2D eigenvalue weighted by molar-refractivity contribution is 7.89. The van der Waals surface area contributed by atoms with Gasteiger partial charge in [-0.05, 0) is 37.9 Å². The maximum atomic E-state index is 12.5. The first-order chi connectivity index (χ1) is 10.8. The lowest BCUT2D eigenvalue weighted by atomic mass is 10.1. The Bertz CT molecular complexity index is 765. The molecule has 0 radical (unpaired) electrons. The summed E-state index contributed by atoms with van der Waals surface area (Å²) in [5, 5.41) is 0.463. The van der Waals surface area contributed by atoms with E-state index in [1.807, 2.05) is 49.3 Å². The summed E-state index contributed by atoms with van der Waals surface area (Å²) >= 11 is 11.9. The fraction of sp³-hybridized carbons (Fsp3) is 0.250. The smallest absolute Gasteiger partial charge is 0.242 e. The van der Waals surface area contributed by atoms with Gasteiger partial charge < -0.3 is 4.90 Å². The van der Waals surface area contributed by atoms with Gasteiger partial charge in [0.1, 0.15) is 4.90 Å². The van der Waals surface area contributed by atoms with Gasteiger partial charge in [0.2, 0.25) is 10.0 Å². The van der Waals surface area contributed by atoms with Crippen molar-refractivity contribution in [2.45, 2.75) is 10.9 Å². The standard InChI is InChI=1S/C16H18Cl2N2O2S/c1-20(2)15(12-6-4-3-5-7-12)11-19-23(21,22)16-10-13(17)8-9-14(16)18/h3-10,15,19H,11H2,1-2H3. The topological polar surface area (TPSA) is 49.4 Å². The third-order valence-electron chi connectivity index (χ3n) is 3.46. The summed E-state index contributed by atoms with van der Waals surface area (Å²) in [6.07, 6.45) is 0. The van der Waals surface area contributed by atoms with Gasteiger partial charge in [-0.2, -0.15) is 0 Å². The first-order valence-electron chi connectivity index (χ1n) is 6.97. The highest BCUT2D eigenvalue weighted by Gasteiger charge is 2.22. The molecule has 4 nitrogen and oxygen atoms in total. The lowest BCUT2D eigenvalue weighted by molar-refractivity contribution is 0.299. The van der Waals surface area contributed by atoms with Gasteiger partial charge in [0.15, 0.2) is 0 Å². The Labute approximate surface area is 147 Å². The summed E-state index contributed by atoms with van der Waals surface area (Å²) in [7, 11) is 0.0592. The molecule has 2 aromatic rings. The average molecular weight is 373 g/mol. The van der Waals surface area contributed by atoms with E-state index in [1.165, 1.54) is 12.1 Å². The molecule has 0 spiro atoms. The van der Waals surface area contributed by atoms with Crippen molar-refractivity contribution in [1.29, 1.82) is 0 Å². The predicted octanol–water partition coefficient (Wildman–Crippen LogP) is 3.57. The van der Waals surface area contributed by atoms with Crippen LogP contribution in [0.1, 0.15) is 11.6 Å². The van der Waals surface area contributed by atoms with E-state index in [0.29, 0.717) is 5.02 Å². The molecule has 0 aromatic heterocycles. The van der Waals surface area contributed by atoms with Gasteiger partial charge in [0.25, 0.3) is 0 Å². The van der Waals surface area contributed by atoms with Crippen LogP contribution in [0.25, 0.3) is 0 Å². The predicted molar refractivity (Wildman–Crippen MR) is 94.5 cm³/mol. The molecule has 2 aromatic carbocycles. The minimum atomic E-state index is -3.74. The molecule has 7 heteroatoms. The Balaban J connectivity index is 2.22. The second-order valence-electron chi connectivity index (χ2n) is 5.32. The van der Waals surface area contributed by atoms with Crippen molar-refractivity contribution in [3.63, 3.8) is 0 Å². The summed E-state index contributed by atoms with van der Waals surface area (Å²) in [5.74, 6) is 0. The summed E-state index contributed by atoms with van der Waals surface area (Å²) in [5.41, 5.74) is 1.03. The Hall–Kier alpha value is -1.11. The van der Waals surface area contributed by atoms with E-state index in [-0.39, 0.29) is 22.5 Å². The molecule has 0 bridgehead atoms. The molecule has 0 saturated carbocycles. The van der Waals surface area contributed by atoms with Gasteiger partial charge in [0.05, 0.1) is 5.02 Å². The minimum absolute atomic E-state index is 0.0164. The maximum Gasteiger partial charge on any atom is 0.242 e. The van der Waals surface area contributed by atoms with Crippen molar-refractivity contribution in [2.24, 2.45) is 0 Å². The number of hydrogen-bond acceptors (Lipinski definition) is 3. The van der Waals surface area contributed by atoms with Crippen molar-refractivity contribution < 1.29 is 8.42 Å². The van der Waals surface area contributed by atoms with Crippen LogP contribution >= 0.6 is 23.2 Å². The number of likely N-dealkylation sites (N-methyl/N-ethyl adjacent to an activating group) is 1. The molecule has 1 N–H and O–H groups in total. The number of nitrogens with zero attached hydrogens (tertiary/aromatic N) is 1. The van der Waals surface area contributed by atoms with Crippen LogP contribution in [0.5, 0.6) is 0 Å². The number of nitrogens with one attached hydrogen (secondary N) is 1. The Morgan fingerprint density at radius 1 is 1.09 bits per heavy atom. The summed E-state index contributed by atoms with van der Waals surface area (Å²) in [6, 6.07) is 14.0. The largest absolute Gasteiger partial charge is 0.301 e. The summed E-state index contributed by atoms with van der Waals surface area (Å²) in [4.78, 5) is 1.94. The van der Waals surface area contributed by atoms with Crippen LogP contribution in [0.15, 0.2) is 53.4 Å². The third-order valence-corrected chi connectivity index (χ3v) is 5.60. The van der Waals surface area contributed by atoms with Crippen LogP contribution in [0.2, 0.25) is 10.0 Å². The number of benzene rings is 2. The zero-order chi connectivity index (χ0) is 17.0. The van der Waals surface area contributed by atoms with Gasteiger partial charge in [-0.15, -0.1) is 0 Å². The second-order valence-corrected chi connectivity index (χ2v) is 7.90. The molecule has 23 heavy (non-hydrogen) atoms. The molecule has 0 aliphatic heterocycles. The number of hydrogen-bond donors (Lipinski definition) is 1. The van der Waals surface area contributed by atoms with Gasteiger partial charge in [-0.3, -0.25) is 0 Å². The van der Waals surface area contributed by atoms with Gasteiger partial charge in [-0.25, -0.2) is 13.1 Å². The van der Waals surface area contributed by atoms with Crippen LogP contribution in [-0.4, -0.2) is 34.0 Å². The molecule has 0 fully saturated rings. The second kappa shape index (κ2) is 7.64. The summed E-state index contributed by atoms with van der Waals surface area (Å²) < 4.78 is 27.6. The van der Waals surface area contributed by atoms with Gasteiger partial charge >= 0.3 is 0 Å². The monoisotopic (exact) mass is 372 g/mol. The highest BCUT2D eigenvalue weighted by atomic mass is 35.5. The van der Waals surface area contributed by atoms with E-state index in [1.54, 1.807) is 6.07 Å². The van der Waals surface area contributed by atoms with Crippen LogP contribution in [-0.2, 0) is 10.0 Å². The fourth-order valence-corrected chi connectivity index (χ4v) is 4.02. The number of sulfonamides is 1. The molecule has 0 aliphatic rings. The third kappa shape index (κ3) is 4.68. The number of halogens is 2. The molecule has 0 saturated heterocycles. The van der Waals surface area contributed by atoms with Gasteiger partial charge in [-0.1, -0.05) is 53.5 Å². The van der Waals surface area contributed by atoms with Crippen molar-refractivity contribution in [3.05, 3.63) is 64.1 Å². The molecule has 2 rings (SSSR count). The Morgan fingerprint density at radius 3 is 2.35 bits per heavy atom. The zero-order valence-electron chi connectivity index (χ0n) is 12.8. The molecular formula is C16H18Cl2N2O2S. The van der Waals surface area contributed by atoms with E-state index in [0.717, 1.165) is 5.56 Å². The Kier molecular flexibility index (Phi) is 6.06. The molecule has 0 amide bonds. The van der Waals surface area contributed by atoms with Gasteiger partial charge in [0, 0.05) is 17.6 Å². The number of rotatable bonds is 6. The van der Waals surface area contributed by atoms with E-state index < -0.39 is 10.0 Å². The lowest BCUT2D eigenvalue weighted by Gasteiger charge is -2.25. The first kappa shape index (κ1) is 18.2. The molecule has 0 heterocycles. The van der Waals surface area contributed by atoms with E-state index >= 15 is 0 Å². The molecule has 1 unspecified atom stereocenters. The van der Waals surface area contributed by atoms with E-state index in [2.05, 4.69) is 4.72 Å². The summed E-state index contributed by atoms with van der Waals surface area (Å²) in [6.45, 7) is 0.224. The van der Waals surface area contributed by atoms with Crippen molar-refractivity contribution in [2.75, 3.05) is 20.6 Å². The van der Waals surface area contributed by atoms with Crippen LogP contribution in [0.4, 0.5) is 0 Å². The minimum Gasteiger partial charge on any atom is -0.301 e. The first-order valence-corrected chi connectivity index (χ1v) is 9.21. The zero-order valence-corrected chi connectivity index (χ0v) is 15.2. The van der Waals surface area contributed by atoms with Crippen LogP contribution < -0.4 is 4.72 Å². The van der Waals surface area contributed by atoms with Crippen molar-refractivity contribution >= 4 is 33.2 Å². The molecule has 124 valence electrons. The van der Waals surface area contributed by atoms with E-state index in [4.69, 9.17) is 23.2 Å².